The van der Waals surface area contributed by atoms with E-state index >= 15 is 0 Å². The number of carbonyl (C=O) groups excluding carboxylic acids is 1. The van der Waals surface area contributed by atoms with Crippen molar-refractivity contribution in [2.75, 3.05) is 6.54 Å². The molecule has 1 aromatic heterocycles. The van der Waals surface area contributed by atoms with Crippen LogP contribution >= 0.6 is 35.6 Å². The number of hydrogen-bond donors (Lipinski definition) is 0. The summed E-state index contributed by atoms with van der Waals surface area (Å²) in [4.78, 5) is 15.3. The SMILES string of the molecule is CCc1cccc2c(/C=C3\SC(=S)N(CC(C)C)C3=O)cn(Cc3c(F)cccc3Cl)c12. The highest BCUT2D eigenvalue weighted by Crippen LogP contribution is 2.36. The maximum Gasteiger partial charge on any atom is 0.266 e. The number of thiocarbonyl (C=S) groups is 1. The predicted octanol–water partition coefficient (Wildman–Crippen LogP) is 6.90. The second kappa shape index (κ2) is 9.38. The second-order valence-electron chi connectivity index (χ2n) is 8.27. The Morgan fingerprint density at radius 2 is 1.97 bits per heavy atom. The summed E-state index contributed by atoms with van der Waals surface area (Å²) in [6.07, 6.45) is 4.71. The minimum Gasteiger partial charge on any atom is -0.342 e. The molecule has 4 rings (SSSR count). The lowest BCUT2D eigenvalue weighted by atomic mass is 10.1. The highest BCUT2D eigenvalue weighted by molar-refractivity contribution is 8.26. The maximum atomic E-state index is 14.5. The van der Waals surface area contributed by atoms with Gasteiger partial charge in [0.15, 0.2) is 0 Å². The first-order chi connectivity index (χ1) is 15.3. The number of amides is 1. The van der Waals surface area contributed by atoms with Crippen LogP contribution in [0.2, 0.25) is 5.02 Å². The lowest BCUT2D eigenvalue weighted by molar-refractivity contribution is -0.122. The van der Waals surface area contributed by atoms with Crippen molar-refractivity contribution >= 4 is 62.8 Å². The van der Waals surface area contributed by atoms with Crippen LogP contribution in [-0.4, -0.2) is 26.2 Å². The van der Waals surface area contributed by atoms with Crippen molar-refractivity contribution < 1.29 is 9.18 Å². The molecule has 0 bridgehead atoms. The van der Waals surface area contributed by atoms with Crippen molar-refractivity contribution in [3.63, 3.8) is 0 Å². The van der Waals surface area contributed by atoms with Crippen LogP contribution in [0.4, 0.5) is 4.39 Å². The van der Waals surface area contributed by atoms with Gasteiger partial charge in [0.1, 0.15) is 10.1 Å². The number of carbonyl (C=O) groups is 1. The fraction of sp³-hybridized carbons (Fsp3) is 0.280. The predicted molar refractivity (Wildman–Crippen MR) is 137 cm³/mol. The number of aromatic nitrogens is 1. The molecule has 0 radical (unpaired) electrons. The molecule has 1 fully saturated rings. The van der Waals surface area contributed by atoms with Crippen molar-refractivity contribution in [1.82, 2.24) is 9.47 Å². The zero-order valence-corrected chi connectivity index (χ0v) is 20.6. The van der Waals surface area contributed by atoms with Crippen LogP contribution in [0.25, 0.3) is 17.0 Å². The number of fused-ring (bicyclic) bond motifs is 1. The molecule has 32 heavy (non-hydrogen) atoms. The van der Waals surface area contributed by atoms with Gasteiger partial charge in [-0.3, -0.25) is 9.69 Å². The molecule has 2 heterocycles. The third kappa shape index (κ3) is 4.36. The lowest BCUT2D eigenvalue weighted by Gasteiger charge is -2.16. The first kappa shape index (κ1) is 23.0. The molecular weight excluding hydrogens is 463 g/mol. The van der Waals surface area contributed by atoms with Crippen LogP contribution in [0.1, 0.15) is 37.5 Å². The second-order valence-corrected chi connectivity index (χ2v) is 10.3. The fourth-order valence-corrected chi connectivity index (χ4v) is 5.50. The van der Waals surface area contributed by atoms with E-state index in [0.29, 0.717) is 38.8 Å². The zero-order valence-electron chi connectivity index (χ0n) is 18.2. The molecule has 1 aliphatic heterocycles. The molecule has 2 aromatic carbocycles. The Morgan fingerprint density at radius 1 is 1.22 bits per heavy atom. The molecule has 0 saturated carbocycles. The Hall–Kier alpha value is -2.15. The van der Waals surface area contributed by atoms with E-state index in [1.165, 1.54) is 17.8 Å². The Morgan fingerprint density at radius 3 is 2.66 bits per heavy atom. The van der Waals surface area contributed by atoms with Crippen molar-refractivity contribution in [3.8, 4) is 0 Å². The monoisotopic (exact) mass is 486 g/mol. The third-order valence-corrected chi connectivity index (χ3v) is 7.22. The van der Waals surface area contributed by atoms with Gasteiger partial charge in [-0.15, -0.1) is 0 Å². The van der Waals surface area contributed by atoms with Gasteiger partial charge >= 0.3 is 0 Å². The number of nitrogens with zero attached hydrogens (tertiary/aromatic N) is 2. The van der Waals surface area contributed by atoms with Gasteiger partial charge in [-0.1, -0.05) is 80.6 Å². The molecule has 0 aliphatic carbocycles. The van der Waals surface area contributed by atoms with Gasteiger partial charge in [-0.25, -0.2) is 4.39 Å². The Kier molecular flexibility index (Phi) is 6.75. The Bertz CT molecular complexity index is 1230. The molecule has 3 aromatic rings. The van der Waals surface area contributed by atoms with Crippen LogP contribution in [0.15, 0.2) is 47.5 Å². The maximum absolute atomic E-state index is 14.5. The molecule has 1 aliphatic rings. The van der Waals surface area contributed by atoms with Crippen molar-refractivity contribution in [1.29, 1.82) is 0 Å². The first-order valence-electron chi connectivity index (χ1n) is 10.6. The number of para-hydroxylation sites is 1. The van der Waals surface area contributed by atoms with E-state index in [-0.39, 0.29) is 11.7 Å². The molecule has 166 valence electrons. The number of aryl methyl sites for hydroxylation is 1. The fourth-order valence-electron chi connectivity index (χ4n) is 4.01. The average molecular weight is 487 g/mol. The molecule has 0 unspecified atom stereocenters. The number of thioether (sulfide) groups is 1. The van der Waals surface area contributed by atoms with Gasteiger partial charge in [0, 0.05) is 34.3 Å². The summed E-state index contributed by atoms with van der Waals surface area (Å²) < 4.78 is 17.1. The van der Waals surface area contributed by atoms with Crippen LogP contribution in [0, 0.1) is 11.7 Å². The van der Waals surface area contributed by atoms with E-state index in [0.717, 1.165) is 28.5 Å². The first-order valence-corrected chi connectivity index (χ1v) is 12.2. The summed E-state index contributed by atoms with van der Waals surface area (Å²) in [5.74, 6) is -0.0563. The van der Waals surface area contributed by atoms with Crippen LogP contribution in [0.3, 0.4) is 0 Å². The van der Waals surface area contributed by atoms with Crippen molar-refractivity contribution in [3.05, 3.63) is 75.0 Å². The van der Waals surface area contributed by atoms with E-state index in [1.54, 1.807) is 17.0 Å². The van der Waals surface area contributed by atoms with Gasteiger partial charge in [-0.05, 0) is 36.1 Å². The Balaban J connectivity index is 1.81. The highest BCUT2D eigenvalue weighted by Gasteiger charge is 2.32. The van der Waals surface area contributed by atoms with Gasteiger partial charge in [0.05, 0.1) is 17.0 Å². The van der Waals surface area contributed by atoms with Gasteiger partial charge < -0.3 is 4.57 Å². The normalized spacial score (nSPS) is 15.7. The summed E-state index contributed by atoms with van der Waals surface area (Å²) in [5, 5.41) is 1.42. The van der Waals surface area contributed by atoms with Crippen LogP contribution in [-0.2, 0) is 17.8 Å². The summed E-state index contributed by atoms with van der Waals surface area (Å²) in [5.41, 5.74) is 3.54. The van der Waals surface area contributed by atoms with E-state index in [4.69, 9.17) is 23.8 Å². The smallest absolute Gasteiger partial charge is 0.266 e. The third-order valence-electron chi connectivity index (χ3n) is 5.49. The van der Waals surface area contributed by atoms with E-state index in [2.05, 4.69) is 26.8 Å². The summed E-state index contributed by atoms with van der Waals surface area (Å²) in [7, 11) is 0. The summed E-state index contributed by atoms with van der Waals surface area (Å²) in [6.45, 7) is 7.14. The molecule has 0 spiro atoms. The minimum absolute atomic E-state index is 0.0570. The van der Waals surface area contributed by atoms with E-state index < -0.39 is 0 Å². The van der Waals surface area contributed by atoms with Gasteiger partial charge in [0.2, 0.25) is 0 Å². The molecule has 1 amide bonds. The molecular formula is C25H24ClFN2OS2. The van der Waals surface area contributed by atoms with E-state index in [1.807, 2.05) is 29.0 Å². The number of benzene rings is 2. The number of rotatable bonds is 6. The van der Waals surface area contributed by atoms with Crippen LogP contribution < -0.4 is 0 Å². The highest BCUT2D eigenvalue weighted by atomic mass is 35.5. The summed E-state index contributed by atoms with van der Waals surface area (Å²) in [6, 6.07) is 10.9. The topological polar surface area (TPSA) is 25.2 Å². The molecule has 0 atom stereocenters. The quantitative estimate of drug-likeness (QED) is 0.280. The van der Waals surface area contributed by atoms with Crippen molar-refractivity contribution in [2.45, 2.75) is 33.7 Å². The van der Waals surface area contributed by atoms with E-state index in [9.17, 15) is 9.18 Å². The average Bonchev–Trinajstić information content (AvgIpc) is 3.23. The zero-order chi connectivity index (χ0) is 23.0. The molecule has 0 N–H and O–H groups in total. The lowest BCUT2D eigenvalue weighted by Crippen LogP contribution is -2.31. The van der Waals surface area contributed by atoms with Crippen LogP contribution in [0.5, 0.6) is 0 Å². The van der Waals surface area contributed by atoms with Gasteiger partial charge in [-0.2, -0.15) is 0 Å². The molecule has 1 saturated heterocycles. The molecule has 3 nitrogen and oxygen atoms in total. The number of halogens is 2. The summed E-state index contributed by atoms with van der Waals surface area (Å²) >= 11 is 13.1. The Labute approximate surface area is 202 Å². The van der Waals surface area contributed by atoms with Gasteiger partial charge in [0.25, 0.3) is 5.91 Å². The molecule has 7 heteroatoms. The number of hydrogen-bond acceptors (Lipinski definition) is 3. The standard InChI is InChI=1S/C25H24ClFN2OS2/c1-4-16-7-5-8-18-17(11-22-24(30)29(12-15(2)3)25(31)32-22)13-28(23(16)18)14-19-20(26)9-6-10-21(19)27/h5-11,13,15H,4,12,14H2,1-3H3/b22-11-. The minimum atomic E-state index is -0.329. The van der Waals surface area contributed by atoms with Crippen molar-refractivity contribution in [2.24, 2.45) is 5.92 Å². The largest absolute Gasteiger partial charge is 0.342 e.